The van der Waals surface area contributed by atoms with Gasteiger partial charge in [-0.1, -0.05) is 6.92 Å². The average Bonchev–Trinajstić information content (AvgIpc) is 3.03. The molecule has 2 rings (SSSR count). The fourth-order valence-corrected chi connectivity index (χ4v) is 2.54. The van der Waals surface area contributed by atoms with Crippen LogP contribution in [0.25, 0.3) is 0 Å². The van der Waals surface area contributed by atoms with E-state index in [-0.39, 0.29) is 11.8 Å². The summed E-state index contributed by atoms with van der Waals surface area (Å²) in [6.45, 7) is 8.02. The summed E-state index contributed by atoms with van der Waals surface area (Å²) in [5.41, 5.74) is 1.38. The van der Waals surface area contributed by atoms with Crippen molar-refractivity contribution in [3.8, 4) is 0 Å². The Hall–Kier alpha value is -2.81. The predicted octanol–water partition coefficient (Wildman–Crippen LogP) is 0.0850. The lowest BCUT2D eigenvalue weighted by Gasteiger charge is -2.16. The number of nitrogens with zero attached hydrogens (tertiary/aromatic N) is 4. The van der Waals surface area contributed by atoms with Crippen LogP contribution in [0, 0.1) is 0 Å². The third kappa shape index (κ3) is 5.92. The Bertz CT molecular complexity index is 727. The highest BCUT2D eigenvalue weighted by atomic mass is 16.2. The monoisotopic (exact) mass is 360 g/mol. The van der Waals surface area contributed by atoms with Crippen molar-refractivity contribution >= 4 is 23.2 Å². The van der Waals surface area contributed by atoms with E-state index >= 15 is 0 Å². The van der Waals surface area contributed by atoms with E-state index in [2.05, 4.69) is 33.1 Å². The molecule has 140 valence electrons. The van der Waals surface area contributed by atoms with Gasteiger partial charge in [-0.25, -0.2) is 4.68 Å². The second-order valence-corrected chi connectivity index (χ2v) is 6.08. The molecule has 0 aliphatic heterocycles. The van der Waals surface area contributed by atoms with Crippen molar-refractivity contribution in [3.05, 3.63) is 30.1 Å². The number of benzene rings is 1. The van der Waals surface area contributed by atoms with Crippen molar-refractivity contribution in [2.45, 2.75) is 40.3 Å². The molecule has 26 heavy (non-hydrogen) atoms. The van der Waals surface area contributed by atoms with Crippen LogP contribution in [-0.2, 0) is 22.7 Å². The van der Waals surface area contributed by atoms with Gasteiger partial charge in [-0.15, -0.1) is 5.10 Å². The number of amides is 2. The van der Waals surface area contributed by atoms with Gasteiger partial charge in [0.05, 0.1) is 6.54 Å². The molecule has 0 saturated heterocycles. The van der Waals surface area contributed by atoms with E-state index in [1.165, 1.54) is 6.92 Å². The number of hydrogen-bond acceptors (Lipinski definition) is 5. The molecule has 2 aromatic rings. The number of carbonyl (C=O) groups excluding carboxylic acids is 2. The molecule has 1 aromatic heterocycles. The lowest BCUT2D eigenvalue weighted by Crippen LogP contribution is -3.11. The Balaban J connectivity index is 1.90. The molecule has 0 aliphatic carbocycles. The van der Waals surface area contributed by atoms with Gasteiger partial charge in [-0.2, -0.15) is 0 Å². The summed E-state index contributed by atoms with van der Waals surface area (Å²) in [5.74, 6) is 0.578. The van der Waals surface area contributed by atoms with Gasteiger partial charge in [-0.3, -0.25) is 9.59 Å². The van der Waals surface area contributed by atoms with E-state index in [9.17, 15) is 9.59 Å². The minimum atomic E-state index is -0.130. The number of rotatable bonds is 9. The number of tetrazole rings is 1. The number of nitrogens with one attached hydrogen (secondary N) is 3. The van der Waals surface area contributed by atoms with E-state index < -0.39 is 0 Å². The van der Waals surface area contributed by atoms with E-state index in [0.29, 0.717) is 24.5 Å². The van der Waals surface area contributed by atoms with Gasteiger partial charge in [0.2, 0.25) is 11.7 Å². The van der Waals surface area contributed by atoms with Gasteiger partial charge in [0, 0.05) is 24.8 Å². The first-order chi connectivity index (χ1) is 12.5. The number of aryl methyl sites for hydroxylation is 1. The molecule has 0 fully saturated rings. The number of carbonyl (C=O) groups is 2. The van der Waals surface area contributed by atoms with Crippen LogP contribution >= 0.6 is 0 Å². The van der Waals surface area contributed by atoms with Gasteiger partial charge in [0.25, 0.3) is 5.91 Å². The minimum absolute atomic E-state index is 0.0800. The molecular weight excluding hydrogens is 334 g/mol. The molecule has 9 nitrogen and oxygen atoms in total. The predicted molar refractivity (Wildman–Crippen MR) is 97.6 cm³/mol. The molecule has 0 spiro atoms. The Kier molecular flexibility index (Phi) is 7.22. The number of quaternary nitrogens is 1. The van der Waals surface area contributed by atoms with Crippen LogP contribution in [0.3, 0.4) is 0 Å². The first-order valence-electron chi connectivity index (χ1n) is 8.78. The van der Waals surface area contributed by atoms with Crippen LogP contribution in [0.5, 0.6) is 0 Å². The fraction of sp³-hybridized carbons (Fsp3) is 0.471. The molecule has 1 aromatic carbocycles. The van der Waals surface area contributed by atoms with Crippen LogP contribution < -0.4 is 15.5 Å². The second-order valence-electron chi connectivity index (χ2n) is 6.08. The molecular formula is C17H26N7O2+. The maximum Gasteiger partial charge on any atom is 0.279 e. The van der Waals surface area contributed by atoms with Crippen LogP contribution in [0.4, 0.5) is 11.4 Å². The van der Waals surface area contributed by atoms with Gasteiger partial charge in [-0.05, 0) is 48.0 Å². The lowest BCUT2D eigenvalue weighted by molar-refractivity contribution is -0.904. The van der Waals surface area contributed by atoms with Crippen molar-refractivity contribution in [3.63, 3.8) is 0 Å². The number of likely N-dealkylation sites (N-methyl/N-ethyl adjacent to an activating group) is 1. The number of aromatic nitrogens is 4. The molecule has 0 saturated carbocycles. The molecule has 9 heteroatoms. The number of anilines is 2. The van der Waals surface area contributed by atoms with Crippen LogP contribution in [0.15, 0.2) is 24.3 Å². The summed E-state index contributed by atoms with van der Waals surface area (Å²) in [6.07, 6.45) is 0.953. The van der Waals surface area contributed by atoms with Crippen molar-refractivity contribution in [2.75, 3.05) is 23.7 Å². The molecule has 0 aliphatic rings. The molecule has 2 amide bonds. The summed E-state index contributed by atoms with van der Waals surface area (Å²) < 4.78 is 1.79. The van der Waals surface area contributed by atoms with Crippen molar-refractivity contribution in [1.82, 2.24) is 20.2 Å². The van der Waals surface area contributed by atoms with Crippen LogP contribution in [-0.4, -0.2) is 45.1 Å². The molecule has 0 radical (unpaired) electrons. The second kappa shape index (κ2) is 9.62. The average molecular weight is 360 g/mol. The molecule has 3 N–H and O–H groups in total. The molecule has 1 unspecified atom stereocenters. The Morgan fingerprint density at radius 2 is 1.77 bits per heavy atom. The van der Waals surface area contributed by atoms with E-state index in [0.717, 1.165) is 30.2 Å². The molecule has 1 heterocycles. The zero-order chi connectivity index (χ0) is 18.9. The van der Waals surface area contributed by atoms with Crippen molar-refractivity contribution in [1.29, 1.82) is 0 Å². The molecule has 1 atom stereocenters. The highest BCUT2D eigenvalue weighted by molar-refractivity contribution is 5.92. The summed E-state index contributed by atoms with van der Waals surface area (Å²) in [7, 11) is 0. The lowest BCUT2D eigenvalue weighted by atomic mass is 10.2. The topological polar surface area (TPSA) is 106 Å². The van der Waals surface area contributed by atoms with E-state index in [4.69, 9.17) is 0 Å². The van der Waals surface area contributed by atoms with Crippen LogP contribution in [0.1, 0.15) is 33.0 Å². The van der Waals surface area contributed by atoms with Gasteiger partial charge >= 0.3 is 0 Å². The summed E-state index contributed by atoms with van der Waals surface area (Å²) in [5, 5.41) is 17.3. The van der Waals surface area contributed by atoms with Gasteiger partial charge in [0.1, 0.15) is 6.54 Å². The summed E-state index contributed by atoms with van der Waals surface area (Å²) in [4.78, 5) is 24.4. The Morgan fingerprint density at radius 1 is 1.12 bits per heavy atom. The highest BCUT2D eigenvalue weighted by Gasteiger charge is 2.17. The van der Waals surface area contributed by atoms with Gasteiger partial charge in [0.15, 0.2) is 6.54 Å². The summed E-state index contributed by atoms with van der Waals surface area (Å²) in [6, 6.07) is 7.02. The quantitative estimate of drug-likeness (QED) is 0.587. The summed E-state index contributed by atoms with van der Waals surface area (Å²) >= 11 is 0. The van der Waals surface area contributed by atoms with Crippen molar-refractivity contribution < 1.29 is 14.5 Å². The largest absolute Gasteiger partial charge is 0.326 e. The van der Waals surface area contributed by atoms with Gasteiger partial charge < -0.3 is 15.5 Å². The zero-order valence-electron chi connectivity index (χ0n) is 15.5. The molecule has 0 bridgehead atoms. The SMILES string of the molecule is CCCn1nnnc1C[NH+](CC)CC(=O)Nc1ccc(NC(C)=O)cc1. The minimum Gasteiger partial charge on any atom is -0.326 e. The zero-order valence-corrected chi connectivity index (χ0v) is 15.5. The maximum atomic E-state index is 12.3. The fourth-order valence-electron chi connectivity index (χ4n) is 2.54. The van der Waals surface area contributed by atoms with Crippen LogP contribution in [0.2, 0.25) is 0 Å². The third-order valence-corrected chi connectivity index (χ3v) is 3.85. The Morgan fingerprint density at radius 3 is 2.35 bits per heavy atom. The maximum absolute atomic E-state index is 12.3. The number of hydrogen-bond donors (Lipinski definition) is 3. The normalized spacial score (nSPS) is 11.8. The smallest absolute Gasteiger partial charge is 0.279 e. The third-order valence-electron chi connectivity index (χ3n) is 3.85. The standard InChI is InChI=1S/C17H25N7O2/c1-4-10-24-16(20-21-22-24)11-23(5-2)12-17(26)19-15-8-6-14(7-9-15)18-13(3)25/h6-9H,4-5,10-12H2,1-3H3,(H,18,25)(H,19,26)/p+1. The van der Waals surface area contributed by atoms with Crippen molar-refractivity contribution in [2.24, 2.45) is 0 Å². The van der Waals surface area contributed by atoms with E-state index in [1.54, 1.807) is 28.9 Å². The van der Waals surface area contributed by atoms with E-state index in [1.807, 2.05) is 6.92 Å². The first-order valence-corrected chi connectivity index (χ1v) is 8.78. The highest BCUT2D eigenvalue weighted by Crippen LogP contribution is 2.13. The Labute approximate surface area is 152 Å². The first kappa shape index (κ1) is 19.5.